The molecular weight excluding hydrogens is 252 g/mol. The summed E-state index contributed by atoms with van der Waals surface area (Å²) in [7, 11) is -2.00. The molecule has 0 fully saturated rings. The predicted molar refractivity (Wildman–Crippen MR) is 70.0 cm³/mol. The second-order valence-corrected chi connectivity index (χ2v) is 6.05. The molecule has 0 amide bonds. The van der Waals surface area contributed by atoms with E-state index in [1.165, 1.54) is 0 Å². The maximum Gasteiger partial charge on any atom is 0.296 e. The molecule has 0 aromatic heterocycles. The fourth-order valence-electron chi connectivity index (χ4n) is 1.50. The Balaban J connectivity index is 2.52. The molecule has 1 atom stereocenters. The first-order valence-electron chi connectivity index (χ1n) is 5.90. The molecule has 0 aliphatic carbocycles. The quantitative estimate of drug-likeness (QED) is 0.715. The molecule has 0 aliphatic heterocycles. The van der Waals surface area contributed by atoms with Crippen LogP contribution in [0.15, 0.2) is 29.2 Å². The molecule has 0 heterocycles. The van der Waals surface area contributed by atoms with Crippen LogP contribution in [-0.4, -0.2) is 28.7 Å². The van der Waals surface area contributed by atoms with Crippen LogP contribution in [0.4, 0.5) is 0 Å². The smallest absolute Gasteiger partial charge is 0.296 e. The van der Waals surface area contributed by atoms with Gasteiger partial charge < -0.3 is 4.74 Å². The first kappa shape index (κ1) is 15.1. The molecule has 18 heavy (non-hydrogen) atoms. The minimum absolute atomic E-state index is 0.181. The third-order valence-electron chi connectivity index (χ3n) is 2.61. The van der Waals surface area contributed by atoms with Gasteiger partial charge in [-0.25, -0.2) is 0 Å². The summed E-state index contributed by atoms with van der Waals surface area (Å²) in [4.78, 5) is 0.201. The Morgan fingerprint density at radius 3 is 2.39 bits per heavy atom. The highest BCUT2D eigenvalue weighted by atomic mass is 32.2. The summed E-state index contributed by atoms with van der Waals surface area (Å²) in [6.07, 6.45) is 0.652. The fraction of sp³-hybridized carbons (Fsp3) is 0.538. The Kier molecular flexibility index (Phi) is 5.78. The Morgan fingerprint density at radius 1 is 1.22 bits per heavy atom. The summed E-state index contributed by atoms with van der Waals surface area (Å²) >= 11 is 0. The van der Waals surface area contributed by atoms with E-state index in [1.54, 1.807) is 31.4 Å². The zero-order valence-corrected chi connectivity index (χ0v) is 11.9. The summed E-state index contributed by atoms with van der Waals surface area (Å²) < 4.78 is 33.6. The van der Waals surface area contributed by atoms with Crippen molar-refractivity contribution in [2.24, 2.45) is 5.92 Å². The van der Waals surface area contributed by atoms with Crippen molar-refractivity contribution in [3.8, 4) is 0 Å². The maximum atomic E-state index is 11.8. The number of ether oxygens (including phenoxy) is 1. The maximum absolute atomic E-state index is 11.8. The van der Waals surface area contributed by atoms with Crippen LogP contribution in [0.25, 0.3) is 0 Å². The van der Waals surface area contributed by atoms with Crippen molar-refractivity contribution in [2.75, 3.05) is 20.3 Å². The molecule has 5 heteroatoms. The number of rotatable bonds is 7. The minimum Gasteiger partial charge on any atom is -0.384 e. The number of aryl methyl sites for hydroxylation is 1. The van der Waals surface area contributed by atoms with Crippen molar-refractivity contribution in [1.82, 2.24) is 0 Å². The number of methoxy groups -OCH3 is 1. The van der Waals surface area contributed by atoms with Gasteiger partial charge in [0, 0.05) is 13.7 Å². The van der Waals surface area contributed by atoms with Gasteiger partial charge in [-0.2, -0.15) is 8.42 Å². The van der Waals surface area contributed by atoms with Crippen LogP contribution in [0.5, 0.6) is 0 Å². The van der Waals surface area contributed by atoms with E-state index < -0.39 is 10.1 Å². The second-order valence-electron chi connectivity index (χ2n) is 4.44. The van der Waals surface area contributed by atoms with E-state index in [9.17, 15) is 8.42 Å². The van der Waals surface area contributed by atoms with Gasteiger partial charge in [0.15, 0.2) is 0 Å². The molecule has 102 valence electrons. The largest absolute Gasteiger partial charge is 0.384 e. The molecule has 0 saturated heterocycles. The lowest BCUT2D eigenvalue weighted by Crippen LogP contribution is -2.12. The van der Waals surface area contributed by atoms with Crippen LogP contribution >= 0.6 is 0 Å². The Morgan fingerprint density at radius 2 is 1.83 bits per heavy atom. The molecule has 1 aromatic carbocycles. The third kappa shape index (κ3) is 4.76. The summed E-state index contributed by atoms with van der Waals surface area (Å²) in [5.74, 6) is 0.281. The Bertz CT molecular complexity index is 450. The highest BCUT2D eigenvalue weighted by Crippen LogP contribution is 2.14. The minimum atomic E-state index is -3.63. The van der Waals surface area contributed by atoms with Crippen molar-refractivity contribution in [1.29, 1.82) is 0 Å². The van der Waals surface area contributed by atoms with Gasteiger partial charge in [-0.05, 0) is 31.4 Å². The highest BCUT2D eigenvalue weighted by molar-refractivity contribution is 7.86. The SMILES string of the molecule is COCC(C)CCOS(=O)(=O)c1ccc(C)cc1. The second kappa shape index (κ2) is 6.87. The summed E-state index contributed by atoms with van der Waals surface area (Å²) in [5.41, 5.74) is 1.02. The number of hydrogen-bond donors (Lipinski definition) is 0. The molecule has 0 N–H and O–H groups in total. The van der Waals surface area contributed by atoms with Crippen molar-refractivity contribution in [3.05, 3.63) is 29.8 Å². The lowest BCUT2D eigenvalue weighted by Gasteiger charge is -2.10. The van der Waals surface area contributed by atoms with Crippen LogP contribution in [0.2, 0.25) is 0 Å². The van der Waals surface area contributed by atoms with E-state index in [4.69, 9.17) is 8.92 Å². The molecular formula is C13H20O4S. The van der Waals surface area contributed by atoms with Gasteiger partial charge in [-0.15, -0.1) is 0 Å². The number of hydrogen-bond acceptors (Lipinski definition) is 4. The first-order chi connectivity index (χ1) is 8.45. The van der Waals surface area contributed by atoms with Crippen molar-refractivity contribution < 1.29 is 17.3 Å². The third-order valence-corrected chi connectivity index (χ3v) is 3.94. The van der Waals surface area contributed by atoms with Crippen LogP contribution in [0.3, 0.4) is 0 Å². The monoisotopic (exact) mass is 272 g/mol. The van der Waals surface area contributed by atoms with Crippen molar-refractivity contribution in [2.45, 2.75) is 25.2 Å². The van der Waals surface area contributed by atoms with E-state index in [0.29, 0.717) is 13.0 Å². The van der Waals surface area contributed by atoms with Gasteiger partial charge in [0.25, 0.3) is 10.1 Å². The van der Waals surface area contributed by atoms with Gasteiger partial charge >= 0.3 is 0 Å². The summed E-state index contributed by atoms with van der Waals surface area (Å²) in [6, 6.07) is 6.63. The molecule has 0 spiro atoms. The van der Waals surface area contributed by atoms with E-state index >= 15 is 0 Å². The fourth-order valence-corrected chi connectivity index (χ4v) is 2.42. The van der Waals surface area contributed by atoms with E-state index in [2.05, 4.69) is 0 Å². The number of benzene rings is 1. The van der Waals surface area contributed by atoms with Crippen LogP contribution < -0.4 is 0 Å². The van der Waals surface area contributed by atoms with E-state index in [-0.39, 0.29) is 17.4 Å². The molecule has 0 radical (unpaired) electrons. The molecule has 1 unspecified atom stereocenters. The van der Waals surface area contributed by atoms with Crippen LogP contribution in [-0.2, 0) is 19.0 Å². The van der Waals surface area contributed by atoms with Gasteiger partial charge in [0.2, 0.25) is 0 Å². The van der Waals surface area contributed by atoms with Crippen molar-refractivity contribution in [3.63, 3.8) is 0 Å². The van der Waals surface area contributed by atoms with Crippen LogP contribution in [0.1, 0.15) is 18.9 Å². The average Bonchev–Trinajstić information content (AvgIpc) is 2.29. The molecule has 1 aromatic rings. The Hall–Kier alpha value is -0.910. The predicted octanol–water partition coefficient (Wildman–Crippen LogP) is 2.37. The zero-order chi connectivity index (χ0) is 13.6. The van der Waals surface area contributed by atoms with Gasteiger partial charge in [-0.1, -0.05) is 24.6 Å². The van der Waals surface area contributed by atoms with E-state index in [0.717, 1.165) is 5.56 Å². The summed E-state index contributed by atoms with van der Waals surface area (Å²) in [5, 5.41) is 0. The van der Waals surface area contributed by atoms with E-state index in [1.807, 2.05) is 13.8 Å². The average molecular weight is 272 g/mol. The summed E-state index contributed by atoms with van der Waals surface area (Å²) in [6.45, 7) is 4.68. The normalized spacial score (nSPS) is 13.5. The molecule has 0 bridgehead atoms. The first-order valence-corrected chi connectivity index (χ1v) is 7.31. The van der Waals surface area contributed by atoms with Crippen LogP contribution in [0, 0.1) is 12.8 Å². The molecule has 0 saturated carbocycles. The highest BCUT2D eigenvalue weighted by Gasteiger charge is 2.15. The zero-order valence-electron chi connectivity index (χ0n) is 11.0. The van der Waals surface area contributed by atoms with Gasteiger partial charge in [-0.3, -0.25) is 4.18 Å². The topological polar surface area (TPSA) is 52.6 Å². The molecule has 4 nitrogen and oxygen atoms in total. The lowest BCUT2D eigenvalue weighted by molar-refractivity contribution is 0.145. The Labute approximate surface area is 109 Å². The molecule has 1 rings (SSSR count). The standard InChI is InChI=1S/C13H20O4S/c1-11-4-6-13(7-5-11)18(14,15)17-9-8-12(2)10-16-3/h4-7,12H,8-10H2,1-3H3. The van der Waals surface area contributed by atoms with Crippen molar-refractivity contribution >= 4 is 10.1 Å². The van der Waals surface area contributed by atoms with Gasteiger partial charge in [0.05, 0.1) is 11.5 Å². The molecule has 0 aliphatic rings. The lowest BCUT2D eigenvalue weighted by atomic mass is 10.1. The van der Waals surface area contributed by atoms with Gasteiger partial charge in [0.1, 0.15) is 0 Å².